The summed E-state index contributed by atoms with van der Waals surface area (Å²) in [5, 5.41) is 13.3. The molecule has 1 saturated heterocycles. The van der Waals surface area contributed by atoms with Crippen molar-refractivity contribution in [3.05, 3.63) is 42.5 Å². The zero-order valence-electron chi connectivity index (χ0n) is 13.1. The maximum atomic E-state index is 9.07. The molecule has 1 aromatic carbocycles. The summed E-state index contributed by atoms with van der Waals surface area (Å²) >= 11 is 0. The van der Waals surface area contributed by atoms with Crippen LogP contribution in [0.5, 0.6) is 5.75 Å². The maximum absolute atomic E-state index is 9.07. The number of nitrogens with zero attached hydrogens (tertiary/aromatic N) is 5. The van der Waals surface area contributed by atoms with Gasteiger partial charge in [-0.05, 0) is 37.4 Å². The van der Waals surface area contributed by atoms with Crippen LogP contribution >= 0.6 is 0 Å². The number of piperidine rings is 1. The van der Waals surface area contributed by atoms with E-state index in [1.165, 1.54) is 12.8 Å². The minimum atomic E-state index is 0.593. The van der Waals surface area contributed by atoms with Crippen molar-refractivity contribution < 1.29 is 4.74 Å². The van der Waals surface area contributed by atoms with Crippen molar-refractivity contribution in [2.24, 2.45) is 5.92 Å². The van der Waals surface area contributed by atoms with Gasteiger partial charge in [-0.15, -0.1) is 0 Å². The van der Waals surface area contributed by atoms with Gasteiger partial charge < -0.3 is 4.74 Å². The fourth-order valence-corrected chi connectivity index (χ4v) is 3.06. The number of benzene rings is 1. The molecule has 1 atom stereocenters. The van der Waals surface area contributed by atoms with Crippen molar-refractivity contribution >= 4 is 0 Å². The number of likely N-dealkylation sites (tertiary alicyclic amines) is 1. The second-order valence-corrected chi connectivity index (χ2v) is 5.88. The quantitative estimate of drug-likeness (QED) is 0.815. The third-order valence-corrected chi connectivity index (χ3v) is 4.19. The lowest BCUT2D eigenvalue weighted by molar-refractivity contribution is 0.136. The molecule has 0 saturated carbocycles. The lowest BCUT2D eigenvalue weighted by Gasteiger charge is -2.32. The highest BCUT2D eigenvalue weighted by atomic mass is 16.5. The van der Waals surface area contributed by atoms with Gasteiger partial charge in [-0.25, -0.2) is 4.98 Å². The molecule has 6 nitrogen and oxygen atoms in total. The molecule has 0 spiro atoms. The summed E-state index contributed by atoms with van der Waals surface area (Å²) in [6.07, 6.45) is 5.80. The fraction of sp³-hybridized carbons (Fsp3) is 0.471. The van der Waals surface area contributed by atoms with Crippen LogP contribution in [0, 0.1) is 17.2 Å². The van der Waals surface area contributed by atoms with Gasteiger partial charge in [0, 0.05) is 19.6 Å². The predicted octanol–water partition coefficient (Wildman–Crippen LogP) is 1.94. The van der Waals surface area contributed by atoms with Gasteiger partial charge in [0.1, 0.15) is 31.1 Å². The Hall–Kier alpha value is -2.39. The minimum Gasteiger partial charge on any atom is -0.491 e. The molecule has 0 N–H and O–H groups in total. The SMILES string of the molecule is N#Cc1ccccc1OCCN1CCCC(Cn2cncn2)C1. The Morgan fingerprint density at radius 2 is 2.26 bits per heavy atom. The van der Waals surface area contributed by atoms with Gasteiger partial charge in [-0.1, -0.05) is 12.1 Å². The molecule has 1 aromatic heterocycles. The first kappa shape index (κ1) is 15.5. The molecule has 1 aliphatic heterocycles. The molecule has 3 rings (SSSR count). The third-order valence-electron chi connectivity index (χ3n) is 4.19. The number of hydrogen-bond acceptors (Lipinski definition) is 5. The number of nitriles is 1. The molecule has 120 valence electrons. The van der Waals surface area contributed by atoms with Crippen LogP contribution in [0.25, 0.3) is 0 Å². The molecule has 2 aromatic rings. The van der Waals surface area contributed by atoms with Gasteiger partial charge >= 0.3 is 0 Å². The predicted molar refractivity (Wildman–Crippen MR) is 85.8 cm³/mol. The number of ether oxygens (including phenoxy) is 1. The summed E-state index contributed by atoms with van der Waals surface area (Å²) in [7, 11) is 0. The van der Waals surface area contributed by atoms with Gasteiger partial charge in [-0.2, -0.15) is 10.4 Å². The lowest BCUT2D eigenvalue weighted by Crippen LogP contribution is -2.39. The average Bonchev–Trinajstić information content (AvgIpc) is 3.09. The smallest absolute Gasteiger partial charge is 0.137 e. The van der Waals surface area contributed by atoms with E-state index in [0.29, 0.717) is 23.8 Å². The van der Waals surface area contributed by atoms with Gasteiger partial charge in [0.15, 0.2) is 0 Å². The largest absolute Gasteiger partial charge is 0.491 e. The van der Waals surface area contributed by atoms with E-state index >= 15 is 0 Å². The molecule has 1 unspecified atom stereocenters. The Bertz CT molecular complexity index is 649. The minimum absolute atomic E-state index is 0.593. The molecule has 0 bridgehead atoms. The second kappa shape index (κ2) is 7.75. The molecule has 1 aliphatic rings. The van der Waals surface area contributed by atoms with Crippen LogP contribution < -0.4 is 4.74 Å². The summed E-state index contributed by atoms with van der Waals surface area (Å²) in [6.45, 7) is 4.58. The number of rotatable bonds is 6. The van der Waals surface area contributed by atoms with Crippen LogP contribution in [0.3, 0.4) is 0 Å². The first-order valence-corrected chi connectivity index (χ1v) is 8.02. The van der Waals surface area contributed by atoms with Crippen LogP contribution in [0.2, 0.25) is 0 Å². The second-order valence-electron chi connectivity index (χ2n) is 5.88. The van der Waals surface area contributed by atoms with E-state index in [0.717, 1.165) is 26.2 Å². The molecule has 0 amide bonds. The summed E-state index contributed by atoms with van der Waals surface area (Å²) < 4.78 is 7.69. The highest BCUT2D eigenvalue weighted by molar-refractivity contribution is 5.42. The van der Waals surface area contributed by atoms with E-state index in [2.05, 4.69) is 21.1 Å². The first-order valence-electron chi connectivity index (χ1n) is 8.02. The summed E-state index contributed by atoms with van der Waals surface area (Å²) in [6, 6.07) is 9.54. The Balaban J connectivity index is 1.46. The van der Waals surface area contributed by atoms with Crippen molar-refractivity contribution in [2.75, 3.05) is 26.2 Å². The van der Waals surface area contributed by atoms with Crippen molar-refractivity contribution in [1.29, 1.82) is 5.26 Å². The molecule has 0 aliphatic carbocycles. The fourth-order valence-electron chi connectivity index (χ4n) is 3.06. The van der Waals surface area contributed by atoms with E-state index in [1.807, 2.05) is 22.9 Å². The van der Waals surface area contributed by atoms with E-state index in [4.69, 9.17) is 10.00 Å². The van der Waals surface area contributed by atoms with E-state index in [9.17, 15) is 0 Å². The molecule has 0 radical (unpaired) electrons. The maximum Gasteiger partial charge on any atom is 0.137 e. The van der Waals surface area contributed by atoms with Crippen molar-refractivity contribution in [3.63, 3.8) is 0 Å². The van der Waals surface area contributed by atoms with Crippen molar-refractivity contribution in [3.8, 4) is 11.8 Å². The van der Waals surface area contributed by atoms with Crippen LogP contribution in [-0.4, -0.2) is 45.9 Å². The summed E-state index contributed by atoms with van der Waals surface area (Å²) in [5.74, 6) is 1.28. The van der Waals surface area contributed by atoms with Gasteiger partial charge in [-0.3, -0.25) is 9.58 Å². The van der Waals surface area contributed by atoms with Crippen LogP contribution in [0.15, 0.2) is 36.9 Å². The molecule has 2 heterocycles. The zero-order chi connectivity index (χ0) is 15.9. The van der Waals surface area contributed by atoms with Crippen molar-refractivity contribution in [2.45, 2.75) is 19.4 Å². The van der Waals surface area contributed by atoms with Crippen LogP contribution in [0.4, 0.5) is 0 Å². The molecule has 6 heteroatoms. The van der Waals surface area contributed by atoms with E-state index in [-0.39, 0.29) is 0 Å². The highest BCUT2D eigenvalue weighted by Gasteiger charge is 2.20. The molecule has 23 heavy (non-hydrogen) atoms. The number of hydrogen-bond donors (Lipinski definition) is 0. The van der Waals surface area contributed by atoms with Crippen molar-refractivity contribution in [1.82, 2.24) is 19.7 Å². The van der Waals surface area contributed by atoms with Gasteiger partial charge in [0.05, 0.1) is 5.56 Å². The zero-order valence-corrected chi connectivity index (χ0v) is 13.1. The van der Waals surface area contributed by atoms with Crippen LogP contribution in [0.1, 0.15) is 18.4 Å². The number of para-hydroxylation sites is 1. The molecular weight excluding hydrogens is 290 g/mol. The van der Waals surface area contributed by atoms with E-state index in [1.54, 1.807) is 18.7 Å². The Labute approximate surface area is 136 Å². The standard InChI is InChI=1S/C17H21N5O/c18-10-16-5-1-2-6-17(16)23-9-8-21-7-3-4-15(11-21)12-22-14-19-13-20-22/h1-2,5-6,13-15H,3-4,7-9,11-12H2. The Kier molecular flexibility index (Phi) is 5.22. The van der Waals surface area contributed by atoms with E-state index < -0.39 is 0 Å². The first-order chi connectivity index (χ1) is 11.3. The monoisotopic (exact) mass is 311 g/mol. The van der Waals surface area contributed by atoms with Gasteiger partial charge in [0.25, 0.3) is 0 Å². The number of aromatic nitrogens is 3. The summed E-state index contributed by atoms with van der Waals surface area (Å²) in [5.41, 5.74) is 0.593. The third kappa shape index (κ3) is 4.30. The molecule has 1 fully saturated rings. The Morgan fingerprint density at radius 1 is 1.35 bits per heavy atom. The topological polar surface area (TPSA) is 67.0 Å². The average molecular weight is 311 g/mol. The van der Waals surface area contributed by atoms with Gasteiger partial charge in [0.2, 0.25) is 0 Å². The Morgan fingerprint density at radius 3 is 3.09 bits per heavy atom. The van der Waals surface area contributed by atoms with Crippen LogP contribution in [-0.2, 0) is 6.54 Å². The summed E-state index contributed by atoms with van der Waals surface area (Å²) in [4.78, 5) is 6.43. The normalized spacial score (nSPS) is 18.5. The lowest BCUT2D eigenvalue weighted by atomic mass is 9.98. The highest BCUT2D eigenvalue weighted by Crippen LogP contribution is 2.19. The molecular formula is C17H21N5O.